The molecule has 0 saturated carbocycles. The minimum Gasteiger partial charge on any atom is -0.480 e. The molecule has 3 rings (SSSR count). The molecule has 0 unspecified atom stereocenters. The first-order valence-corrected chi connectivity index (χ1v) is 8.79. The third kappa shape index (κ3) is 4.38. The van der Waals surface area contributed by atoms with Gasteiger partial charge >= 0.3 is 5.97 Å². The fourth-order valence-electron chi connectivity index (χ4n) is 3.67. The molecule has 0 aliphatic carbocycles. The van der Waals surface area contributed by atoms with Gasteiger partial charge in [0.2, 0.25) is 0 Å². The monoisotopic (exact) mass is 350 g/mol. The van der Waals surface area contributed by atoms with Crippen molar-refractivity contribution in [1.82, 2.24) is 20.0 Å². The van der Waals surface area contributed by atoms with Crippen LogP contribution in [0.3, 0.4) is 0 Å². The number of ether oxygens (including phenoxy) is 1. The van der Waals surface area contributed by atoms with Gasteiger partial charge in [-0.1, -0.05) is 13.8 Å². The first-order valence-electron chi connectivity index (χ1n) is 8.79. The Morgan fingerprint density at radius 1 is 1.36 bits per heavy atom. The molecule has 0 spiro atoms. The summed E-state index contributed by atoms with van der Waals surface area (Å²) in [5, 5.41) is 16.2. The predicted octanol–water partition coefficient (Wildman–Crippen LogP) is 0.466. The molecule has 0 aromatic carbocycles. The van der Waals surface area contributed by atoms with Crippen molar-refractivity contribution in [2.24, 2.45) is 11.8 Å². The number of hydrogen-bond donors (Lipinski definition) is 2. The quantitative estimate of drug-likeness (QED) is 0.801. The van der Waals surface area contributed by atoms with Crippen LogP contribution >= 0.6 is 0 Å². The zero-order chi connectivity index (χ0) is 18.0. The summed E-state index contributed by atoms with van der Waals surface area (Å²) in [6.07, 6.45) is 0.849. The van der Waals surface area contributed by atoms with Gasteiger partial charge in [-0.3, -0.25) is 19.6 Å². The van der Waals surface area contributed by atoms with Crippen LogP contribution in [0.1, 0.15) is 30.0 Å². The van der Waals surface area contributed by atoms with Crippen LogP contribution in [-0.2, 0) is 16.0 Å². The number of amides is 1. The van der Waals surface area contributed by atoms with Gasteiger partial charge in [-0.05, 0) is 18.4 Å². The molecule has 2 atom stereocenters. The average molecular weight is 350 g/mol. The van der Waals surface area contributed by atoms with E-state index in [1.807, 2.05) is 15.9 Å². The van der Waals surface area contributed by atoms with E-state index in [9.17, 15) is 9.59 Å². The zero-order valence-corrected chi connectivity index (χ0v) is 14.8. The van der Waals surface area contributed by atoms with Gasteiger partial charge in [-0.25, -0.2) is 0 Å². The van der Waals surface area contributed by atoms with Crippen molar-refractivity contribution < 1.29 is 19.4 Å². The number of aromatic amines is 1. The fraction of sp³-hybridized carbons (Fsp3) is 0.706. The Morgan fingerprint density at radius 2 is 2.16 bits per heavy atom. The lowest BCUT2D eigenvalue weighted by Crippen LogP contribution is -2.47. The highest BCUT2D eigenvalue weighted by Gasteiger charge is 2.37. The topological polar surface area (TPSA) is 98.8 Å². The van der Waals surface area contributed by atoms with Crippen LogP contribution in [0.15, 0.2) is 6.07 Å². The maximum atomic E-state index is 13.0. The van der Waals surface area contributed by atoms with Crippen molar-refractivity contribution in [3.05, 3.63) is 17.5 Å². The van der Waals surface area contributed by atoms with Gasteiger partial charge in [0.1, 0.15) is 5.69 Å². The summed E-state index contributed by atoms with van der Waals surface area (Å²) in [6, 6.07) is 1.68. The van der Waals surface area contributed by atoms with E-state index in [2.05, 4.69) is 24.0 Å². The molecule has 138 valence electrons. The third-order valence-electron chi connectivity index (χ3n) is 4.64. The standard InChI is InChI=1S/C17H26N4O4/c1-11(2)3-13-4-15(19-18-13)17(24)21-6-12-5-20(8-16(22)23)7-14(21)10-25-9-12/h4,11-12,14H,3,5-10H2,1-2H3,(H,18,19)(H,22,23)/t12-,14-/m0/s1. The van der Waals surface area contributed by atoms with E-state index in [0.29, 0.717) is 44.5 Å². The number of hydrogen-bond acceptors (Lipinski definition) is 5. The van der Waals surface area contributed by atoms with Crippen molar-refractivity contribution in [3.63, 3.8) is 0 Å². The number of H-pyrrole nitrogens is 1. The van der Waals surface area contributed by atoms with E-state index in [1.165, 1.54) is 0 Å². The average Bonchev–Trinajstić information content (AvgIpc) is 2.77. The molecule has 2 N–H and O–H groups in total. The largest absolute Gasteiger partial charge is 0.480 e. The summed E-state index contributed by atoms with van der Waals surface area (Å²) < 4.78 is 5.69. The smallest absolute Gasteiger partial charge is 0.317 e. The Balaban J connectivity index is 1.75. The van der Waals surface area contributed by atoms with Crippen LogP contribution in [-0.4, -0.2) is 82.4 Å². The molecule has 1 aromatic heterocycles. The van der Waals surface area contributed by atoms with E-state index < -0.39 is 5.97 Å². The van der Waals surface area contributed by atoms with E-state index in [0.717, 1.165) is 12.1 Å². The van der Waals surface area contributed by atoms with Gasteiger partial charge in [0.05, 0.1) is 25.8 Å². The van der Waals surface area contributed by atoms with Gasteiger partial charge in [-0.15, -0.1) is 0 Å². The van der Waals surface area contributed by atoms with E-state index in [4.69, 9.17) is 9.84 Å². The number of nitrogens with zero attached hydrogens (tertiary/aromatic N) is 3. The summed E-state index contributed by atoms with van der Waals surface area (Å²) in [4.78, 5) is 27.8. The Labute approximate surface area is 147 Å². The summed E-state index contributed by atoms with van der Waals surface area (Å²) in [5.41, 5.74) is 1.38. The molecule has 1 amide bonds. The summed E-state index contributed by atoms with van der Waals surface area (Å²) in [6.45, 7) is 6.94. The van der Waals surface area contributed by atoms with Crippen LogP contribution in [0.5, 0.6) is 0 Å². The van der Waals surface area contributed by atoms with Gasteiger partial charge in [-0.2, -0.15) is 5.10 Å². The second kappa shape index (κ2) is 7.53. The lowest BCUT2D eigenvalue weighted by Gasteiger charge is -2.30. The van der Waals surface area contributed by atoms with Crippen molar-refractivity contribution in [2.75, 3.05) is 39.4 Å². The molecule has 2 fully saturated rings. The minimum atomic E-state index is -0.843. The first kappa shape index (κ1) is 17.9. The first-order chi connectivity index (χ1) is 11.9. The molecule has 2 aliphatic rings. The molecule has 2 aliphatic heterocycles. The van der Waals surface area contributed by atoms with Gasteiger partial charge < -0.3 is 14.7 Å². The van der Waals surface area contributed by atoms with E-state index >= 15 is 0 Å². The van der Waals surface area contributed by atoms with Gasteiger partial charge in [0, 0.05) is 31.2 Å². The second-order valence-electron chi connectivity index (χ2n) is 7.48. The van der Waals surface area contributed by atoms with Crippen molar-refractivity contribution in [1.29, 1.82) is 0 Å². The van der Waals surface area contributed by atoms with E-state index in [-0.39, 0.29) is 24.4 Å². The van der Waals surface area contributed by atoms with Crippen LogP contribution in [0.2, 0.25) is 0 Å². The lowest BCUT2D eigenvalue weighted by atomic mass is 10.1. The van der Waals surface area contributed by atoms with Gasteiger partial charge in [0.15, 0.2) is 0 Å². The normalized spacial score (nSPS) is 24.4. The Morgan fingerprint density at radius 3 is 2.88 bits per heavy atom. The number of carbonyl (C=O) groups excluding carboxylic acids is 1. The number of carboxylic acid groups (broad SMARTS) is 1. The highest BCUT2D eigenvalue weighted by atomic mass is 16.5. The number of aliphatic carboxylic acids is 1. The molecule has 0 radical (unpaired) electrons. The van der Waals surface area contributed by atoms with Crippen LogP contribution in [0, 0.1) is 11.8 Å². The number of carboxylic acids is 1. The van der Waals surface area contributed by atoms with Crippen LogP contribution < -0.4 is 0 Å². The number of fused-ring (bicyclic) bond motifs is 3. The molecule has 25 heavy (non-hydrogen) atoms. The zero-order valence-electron chi connectivity index (χ0n) is 14.8. The lowest BCUT2D eigenvalue weighted by molar-refractivity contribution is -0.138. The van der Waals surface area contributed by atoms with Crippen molar-refractivity contribution in [3.8, 4) is 0 Å². The maximum absolute atomic E-state index is 13.0. The fourth-order valence-corrected chi connectivity index (χ4v) is 3.67. The third-order valence-corrected chi connectivity index (χ3v) is 4.64. The maximum Gasteiger partial charge on any atom is 0.317 e. The SMILES string of the molecule is CC(C)Cc1cc(C(=O)N2C[C@H]3COC[C@@H]2CN(CC(=O)O)C3)n[nH]1. The highest BCUT2D eigenvalue weighted by molar-refractivity contribution is 5.92. The van der Waals surface area contributed by atoms with Crippen molar-refractivity contribution in [2.45, 2.75) is 26.3 Å². The highest BCUT2D eigenvalue weighted by Crippen LogP contribution is 2.21. The van der Waals surface area contributed by atoms with Crippen LogP contribution in [0.25, 0.3) is 0 Å². The summed E-state index contributed by atoms with van der Waals surface area (Å²) in [7, 11) is 0. The molecule has 2 saturated heterocycles. The molecule has 2 bridgehead atoms. The minimum absolute atomic E-state index is 0.00400. The summed E-state index contributed by atoms with van der Waals surface area (Å²) >= 11 is 0. The number of nitrogens with one attached hydrogen (secondary N) is 1. The molecular formula is C17H26N4O4. The second-order valence-corrected chi connectivity index (χ2v) is 7.48. The van der Waals surface area contributed by atoms with Crippen molar-refractivity contribution >= 4 is 11.9 Å². The molecule has 3 heterocycles. The summed E-state index contributed by atoms with van der Waals surface area (Å²) in [5.74, 6) is -0.350. The number of aromatic nitrogens is 2. The molecule has 1 aromatic rings. The molecule has 8 nitrogen and oxygen atoms in total. The Kier molecular flexibility index (Phi) is 5.39. The number of carbonyl (C=O) groups is 2. The molecule has 8 heteroatoms. The number of rotatable bonds is 5. The Bertz CT molecular complexity index is 630. The Hall–Kier alpha value is -1.93. The predicted molar refractivity (Wildman–Crippen MR) is 90.3 cm³/mol. The molecular weight excluding hydrogens is 324 g/mol. The van der Waals surface area contributed by atoms with Gasteiger partial charge in [0.25, 0.3) is 5.91 Å². The van der Waals surface area contributed by atoms with Crippen LogP contribution in [0.4, 0.5) is 0 Å². The van der Waals surface area contributed by atoms with E-state index in [1.54, 1.807) is 0 Å².